The Kier molecular flexibility index (Phi) is 5.80. The number of aryl methyl sites for hydroxylation is 3. The summed E-state index contributed by atoms with van der Waals surface area (Å²) in [4.78, 5) is 16.9. The quantitative estimate of drug-likeness (QED) is 0.461. The second-order valence-corrected chi connectivity index (χ2v) is 7.44. The smallest absolute Gasteiger partial charge is 0.262 e. The van der Waals surface area contributed by atoms with E-state index in [0.29, 0.717) is 23.0 Å². The van der Waals surface area contributed by atoms with Gasteiger partial charge in [-0.15, -0.1) is 0 Å². The molecule has 0 aliphatic heterocycles. The largest absolute Gasteiger partial charge is 0.483 e. The Morgan fingerprint density at radius 3 is 2.52 bits per heavy atom. The number of para-hydroxylation sites is 1. The molecule has 0 atom stereocenters. The van der Waals surface area contributed by atoms with Crippen molar-refractivity contribution in [3.8, 4) is 28.6 Å². The second kappa shape index (κ2) is 8.83. The predicted octanol–water partition coefficient (Wildman–Crippen LogP) is 5.35. The van der Waals surface area contributed by atoms with Gasteiger partial charge < -0.3 is 14.6 Å². The van der Waals surface area contributed by atoms with Crippen molar-refractivity contribution in [2.24, 2.45) is 0 Å². The van der Waals surface area contributed by atoms with Crippen LogP contribution in [0.1, 0.15) is 16.7 Å². The van der Waals surface area contributed by atoms with Gasteiger partial charge >= 0.3 is 0 Å². The van der Waals surface area contributed by atoms with Crippen molar-refractivity contribution < 1.29 is 14.1 Å². The van der Waals surface area contributed by atoms with Gasteiger partial charge in [0.05, 0.1) is 5.56 Å². The zero-order valence-electron chi connectivity index (χ0n) is 17.7. The van der Waals surface area contributed by atoms with E-state index in [9.17, 15) is 4.79 Å². The molecule has 1 amide bonds. The fourth-order valence-electron chi connectivity index (χ4n) is 3.12. The molecule has 3 aromatic carbocycles. The zero-order valence-corrected chi connectivity index (χ0v) is 17.7. The van der Waals surface area contributed by atoms with E-state index in [1.54, 1.807) is 6.07 Å². The van der Waals surface area contributed by atoms with Gasteiger partial charge in [0.2, 0.25) is 5.82 Å². The number of carbonyl (C=O) groups is 1. The number of nitrogens with zero attached hydrogens (tertiary/aromatic N) is 2. The number of carbonyl (C=O) groups excluding carboxylic acids is 1. The van der Waals surface area contributed by atoms with Crippen LogP contribution in [0.25, 0.3) is 22.8 Å². The van der Waals surface area contributed by atoms with Crippen LogP contribution in [0.4, 0.5) is 5.69 Å². The fraction of sp³-hybridized carbons (Fsp3) is 0.160. The molecule has 4 rings (SSSR count). The summed E-state index contributed by atoms with van der Waals surface area (Å²) in [6.45, 7) is 5.82. The van der Waals surface area contributed by atoms with Crippen LogP contribution in [0.3, 0.4) is 0 Å². The maximum absolute atomic E-state index is 12.4. The minimum absolute atomic E-state index is 0.136. The van der Waals surface area contributed by atoms with Gasteiger partial charge in [-0.2, -0.15) is 4.98 Å². The van der Waals surface area contributed by atoms with Crippen LogP contribution in [0, 0.1) is 20.8 Å². The lowest BCUT2D eigenvalue weighted by Crippen LogP contribution is -2.20. The number of amides is 1. The van der Waals surface area contributed by atoms with Crippen molar-refractivity contribution in [1.29, 1.82) is 0 Å². The Labute approximate surface area is 180 Å². The van der Waals surface area contributed by atoms with E-state index in [1.165, 1.54) is 0 Å². The van der Waals surface area contributed by atoms with E-state index in [0.717, 1.165) is 27.9 Å². The highest BCUT2D eigenvalue weighted by Gasteiger charge is 2.16. The first-order valence-corrected chi connectivity index (χ1v) is 9.99. The van der Waals surface area contributed by atoms with Crippen molar-refractivity contribution in [3.05, 3.63) is 83.4 Å². The van der Waals surface area contributed by atoms with E-state index in [4.69, 9.17) is 9.26 Å². The molecular formula is C25H23N3O3. The van der Waals surface area contributed by atoms with Crippen molar-refractivity contribution in [2.75, 3.05) is 11.9 Å². The molecule has 0 saturated heterocycles. The Morgan fingerprint density at radius 1 is 0.968 bits per heavy atom. The van der Waals surface area contributed by atoms with Crippen LogP contribution in [-0.2, 0) is 4.79 Å². The molecule has 0 aliphatic carbocycles. The minimum atomic E-state index is -0.241. The van der Waals surface area contributed by atoms with Crippen LogP contribution in [0.5, 0.6) is 5.75 Å². The Hall–Kier alpha value is -3.93. The molecule has 0 spiro atoms. The van der Waals surface area contributed by atoms with Crippen LogP contribution >= 0.6 is 0 Å². The monoisotopic (exact) mass is 413 g/mol. The number of nitrogens with one attached hydrogen (secondary N) is 1. The maximum Gasteiger partial charge on any atom is 0.262 e. The molecule has 1 heterocycles. The normalized spacial score (nSPS) is 10.7. The fourth-order valence-corrected chi connectivity index (χ4v) is 3.12. The average Bonchev–Trinajstić information content (AvgIpc) is 3.26. The maximum atomic E-state index is 12.4. The molecule has 1 aromatic heterocycles. The number of hydrogen-bond donors (Lipinski definition) is 1. The van der Waals surface area contributed by atoms with E-state index < -0.39 is 0 Å². The molecule has 4 aromatic rings. The summed E-state index contributed by atoms with van der Waals surface area (Å²) in [7, 11) is 0. The number of rotatable bonds is 6. The molecule has 0 aliphatic rings. The van der Waals surface area contributed by atoms with Crippen LogP contribution < -0.4 is 10.1 Å². The Morgan fingerprint density at radius 2 is 1.71 bits per heavy atom. The highest BCUT2D eigenvalue weighted by Crippen LogP contribution is 2.30. The summed E-state index contributed by atoms with van der Waals surface area (Å²) in [6, 6.07) is 21.1. The van der Waals surface area contributed by atoms with E-state index in [2.05, 4.69) is 15.5 Å². The van der Waals surface area contributed by atoms with Gasteiger partial charge in [0, 0.05) is 11.3 Å². The van der Waals surface area contributed by atoms with Gasteiger partial charge in [0.25, 0.3) is 11.8 Å². The van der Waals surface area contributed by atoms with Gasteiger partial charge in [-0.25, -0.2) is 0 Å². The highest BCUT2D eigenvalue weighted by atomic mass is 16.5. The lowest BCUT2D eigenvalue weighted by atomic mass is 10.1. The topological polar surface area (TPSA) is 77.2 Å². The van der Waals surface area contributed by atoms with Gasteiger partial charge in [-0.1, -0.05) is 59.3 Å². The van der Waals surface area contributed by atoms with E-state index >= 15 is 0 Å². The van der Waals surface area contributed by atoms with E-state index in [1.807, 2.05) is 81.4 Å². The summed E-state index contributed by atoms with van der Waals surface area (Å²) < 4.78 is 11.3. The Balaban J connectivity index is 1.48. The molecule has 0 fully saturated rings. The molecule has 156 valence electrons. The third-order valence-electron chi connectivity index (χ3n) is 4.88. The number of hydrogen-bond acceptors (Lipinski definition) is 5. The average molecular weight is 413 g/mol. The third kappa shape index (κ3) is 4.80. The van der Waals surface area contributed by atoms with Crippen molar-refractivity contribution in [2.45, 2.75) is 20.8 Å². The summed E-state index contributed by atoms with van der Waals surface area (Å²) >= 11 is 0. The van der Waals surface area contributed by atoms with Gasteiger partial charge in [0.1, 0.15) is 5.75 Å². The molecular weight excluding hydrogens is 390 g/mol. The summed E-state index contributed by atoms with van der Waals surface area (Å²) in [6.07, 6.45) is 0. The summed E-state index contributed by atoms with van der Waals surface area (Å²) in [5.41, 5.74) is 5.51. The summed E-state index contributed by atoms with van der Waals surface area (Å²) in [5, 5.41) is 6.98. The number of aromatic nitrogens is 2. The molecule has 0 saturated carbocycles. The molecule has 6 nitrogen and oxygen atoms in total. The van der Waals surface area contributed by atoms with Crippen LogP contribution in [0.2, 0.25) is 0 Å². The number of benzene rings is 3. The predicted molar refractivity (Wildman–Crippen MR) is 120 cm³/mol. The first kappa shape index (κ1) is 20.3. The lowest BCUT2D eigenvalue weighted by Gasteiger charge is -2.11. The van der Waals surface area contributed by atoms with Gasteiger partial charge in [-0.05, 0) is 50.1 Å². The molecule has 6 heteroatoms. The number of ether oxygens (including phenoxy) is 1. The minimum Gasteiger partial charge on any atom is -0.483 e. The van der Waals surface area contributed by atoms with Crippen LogP contribution in [0.15, 0.2) is 71.3 Å². The third-order valence-corrected chi connectivity index (χ3v) is 4.88. The van der Waals surface area contributed by atoms with Crippen molar-refractivity contribution in [3.63, 3.8) is 0 Å². The Bertz CT molecular complexity index is 1210. The highest BCUT2D eigenvalue weighted by molar-refractivity contribution is 5.92. The summed E-state index contributed by atoms with van der Waals surface area (Å²) in [5.74, 6) is 1.09. The molecule has 0 radical (unpaired) electrons. The molecule has 0 bridgehead atoms. The number of anilines is 1. The van der Waals surface area contributed by atoms with Crippen molar-refractivity contribution >= 4 is 11.6 Å². The second-order valence-electron chi connectivity index (χ2n) is 7.44. The standard InChI is InChI=1S/C25H23N3O3/c1-16-9-12-19(13-10-16)24-27-25(31-28-24)20-6-4-5-7-22(20)30-15-23(29)26-21-14-17(2)8-11-18(21)3/h4-14H,15H2,1-3H3,(H,26,29). The van der Waals surface area contributed by atoms with Crippen molar-refractivity contribution in [1.82, 2.24) is 10.1 Å². The van der Waals surface area contributed by atoms with Gasteiger partial charge in [0.15, 0.2) is 6.61 Å². The van der Waals surface area contributed by atoms with Gasteiger partial charge in [-0.3, -0.25) is 4.79 Å². The lowest BCUT2D eigenvalue weighted by molar-refractivity contribution is -0.118. The zero-order chi connectivity index (χ0) is 21.8. The van der Waals surface area contributed by atoms with Crippen LogP contribution in [-0.4, -0.2) is 22.7 Å². The first-order chi connectivity index (χ1) is 15.0. The van der Waals surface area contributed by atoms with E-state index in [-0.39, 0.29) is 12.5 Å². The molecule has 1 N–H and O–H groups in total. The SMILES string of the molecule is Cc1ccc(-c2noc(-c3ccccc3OCC(=O)Nc3cc(C)ccc3C)n2)cc1. The first-order valence-electron chi connectivity index (χ1n) is 9.99. The molecule has 31 heavy (non-hydrogen) atoms. The molecule has 0 unspecified atom stereocenters.